The average Bonchev–Trinajstić information content (AvgIpc) is 3.22. The van der Waals surface area contributed by atoms with Crippen LogP contribution in [0.4, 0.5) is 5.95 Å². The Morgan fingerprint density at radius 2 is 1.79 bits per heavy atom. The first-order valence-electron chi connectivity index (χ1n) is 9.88. The molecule has 0 saturated carbocycles. The van der Waals surface area contributed by atoms with Crippen molar-refractivity contribution in [1.29, 1.82) is 0 Å². The van der Waals surface area contributed by atoms with Gasteiger partial charge in [0, 0.05) is 17.2 Å². The Morgan fingerprint density at radius 1 is 1.00 bits per heavy atom. The first-order chi connectivity index (χ1) is 14.2. The lowest BCUT2D eigenvalue weighted by molar-refractivity contribution is -0.914. The quantitative estimate of drug-likeness (QED) is 0.696. The van der Waals surface area contributed by atoms with Gasteiger partial charge in [-0.25, -0.2) is 4.98 Å². The summed E-state index contributed by atoms with van der Waals surface area (Å²) in [6, 6.07) is 17.5. The second kappa shape index (κ2) is 7.60. The van der Waals surface area contributed by atoms with Gasteiger partial charge in [0.1, 0.15) is 6.54 Å². The van der Waals surface area contributed by atoms with Gasteiger partial charge in [0.2, 0.25) is 12.7 Å². The van der Waals surface area contributed by atoms with Crippen LogP contribution in [0.5, 0.6) is 11.5 Å². The van der Waals surface area contributed by atoms with E-state index in [1.807, 2.05) is 36.4 Å². The summed E-state index contributed by atoms with van der Waals surface area (Å²) in [5, 5.41) is 0. The monoisotopic (exact) mass is 391 g/mol. The summed E-state index contributed by atoms with van der Waals surface area (Å²) in [5.74, 6) is 2.31. The topological polar surface area (TPSA) is 71.9 Å². The molecule has 2 aromatic carbocycles. The van der Waals surface area contributed by atoms with E-state index in [2.05, 4.69) is 22.0 Å². The maximum absolute atomic E-state index is 12.2. The Hall–Kier alpha value is -3.32. The smallest absolute Gasteiger partial charge is 0.252 e. The van der Waals surface area contributed by atoms with Crippen molar-refractivity contribution >= 4 is 5.95 Å². The van der Waals surface area contributed by atoms with Crippen LogP contribution >= 0.6 is 0 Å². The van der Waals surface area contributed by atoms with Crippen molar-refractivity contribution in [3.63, 3.8) is 0 Å². The fourth-order valence-electron chi connectivity index (χ4n) is 3.90. The number of ether oxygens (including phenoxy) is 2. The highest BCUT2D eigenvalue weighted by molar-refractivity contribution is 5.59. The van der Waals surface area contributed by atoms with Crippen molar-refractivity contribution in [2.24, 2.45) is 0 Å². The Bertz CT molecular complexity index is 1060. The van der Waals surface area contributed by atoms with Crippen LogP contribution in [0.15, 0.2) is 59.4 Å². The van der Waals surface area contributed by atoms with E-state index in [4.69, 9.17) is 14.5 Å². The number of fused-ring (bicyclic) bond motifs is 1. The molecule has 5 rings (SSSR count). The third-order valence-corrected chi connectivity index (χ3v) is 5.46. The van der Waals surface area contributed by atoms with Crippen LogP contribution in [0.25, 0.3) is 11.3 Å². The summed E-state index contributed by atoms with van der Waals surface area (Å²) in [6.07, 6.45) is 0. The van der Waals surface area contributed by atoms with Crippen LogP contribution in [0.2, 0.25) is 0 Å². The number of hydrogen-bond acceptors (Lipinski definition) is 5. The molecule has 0 unspecified atom stereocenters. The summed E-state index contributed by atoms with van der Waals surface area (Å²) in [7, 11) is 0. The number of H-pyrrole nitrogens is 1. The second-order valence-electron chi connectivity index (χ2n) is 7.42. The number of rotatable bonds is 4. The number of quaternary nitrogens is 1. The summed E-state index contributed by atoms with van der Waals surface area (Å²) in [4.78, 5) is 23.4. The maximum Gasteiger partial charge on any atom is 0.252 e. The van der Waals surface area contributed by atoms with E-state index in [0.717, 1.165) is 49.8 Å². The minimum absolute atomic E-state index is 0.121. The summed E-state index contributed by atoms with van der Waals surface area (Å²) < 4.78 is 10.9. The van der Waals surface area contributed by atoms with Gasteiger partial charge < -0.3 is 19.3 Å². The van der Waals surface area contributed by atoms with Crippen molar-refractivity contribution < 1.29 is 14.4 Å². The molecule has 1 aromatic heterocycles. The Morgan fingerprint density at radius 3 is 2.62 bits per heavy atom. The van der Waals surface area contributed by atoms with Gasteiger partial charge >= 0.3 is 0 Å². The number of nitrogens with one attached hydrogen (secondary N) is 2. The van der Waals surface area contributed by atoms with Crippen molar-refractivity contribution in [3.05, 3.63) is 70.5 Å². The lowest BCUT2D eigenvalue weighted by Crippen LogP contribution is -3.13. The minimum atomic E-state index is -0.121. The predicted octanol–water partition coefficient (Wildman–Crippen LogP) is 1.07. The van der Waals surface area contributed by atoms with Crippen LogP contribution in [-0.2, 0) is 6.54 Å². The minimum Gasteiger partial charge on any atom is -0.454 e. The number of benzene rings is 2. The molecule has 0 atom stereocenters. The lowest BCUT2D eigenvalue weighted by Gasteiger charge is -2.32. The number of hydrogen-bond donors (Lipinski definition) is 2. The van der Waals surface area contributed by atoms with Gasteiger partial charge in [-0.3, -0.25) is 9.78 Å². The number of aromatic nitrogens is 2. The van der Waals surface area contributed by atoms with E-state index in [1.165, 1.54) is 10.5 Å². The SMILES string of the molecule is O=c1cc(-c2ccccc2)nc(N2CC[NH+](Cc3ccc4c(c3)OCO4)CC2)[nH]1. The van der Waals surface area contributed by atoms with E-state index in [1.54, 1.807) is 6.07 Å². The molecule has 1 saturated heterocycles. The van der Waals surface area contributed by atoms with E-state index in [9.17, 15) is 4.79 Å². The molecule has 7 nitrogen and oxygen atoms in total. The van der Waals surface area contributed by atoms with Crippen molar-refractivity contribution in [2.75, 3.05) is 37.9 Å². The zero-order valence-corrected chi connectivity index (χ0v) is 16.1. The Labute approximate surface area is 168 Å². The van der Waals surface area contributed by atoms with Crippen LogP contribution in [0.1, 0.15) is 5.56 Å². The van der Waals surface area contributed by atoms with Gasteiger partial charge in [-0.2, -0.15) is 0 Å². The number of aromatic amines is 1. The largest absolute Gasteiger partial charge is 0.454 e. The molecular weight excluding hydrogens is 368 g/mol. The molecule has 1 fully saturated rings. The molecule has 0 radical (unpaired) electrons. The zero-order chi connectivity index (χ0) is 19.6. The van der Waals surface area contributed by atoms with Gasteiger partial charge in [0.25, 0.3) is 5.56 Å². The molecule has 3 aromatic rings. The first kappa shape index (κ1) is 17.8. The molecule has 29 heavy (non-hydrogen) atoms. The van der Waals surface area contributed by atoms with Crippen LogP contribution < -0.4 is 24.8 Å². The van der Waals surface area contributed by atoms with Crippen molar-refractivity contribution in [1.82, 2.24) is 9.97 Å². The van der Waals surface area contributed by atoms with Gasteiger partial charge in [-0.1, -0.05) is 30.3 Å². The van der Waals surface area contributed by atoms with E-state index < -0.39 is 0 Å². The second-order valence-corrected chi connectivity index (χ2v) is 7.42. The summed E-state index contributed by atoms with van der Waals surface area (Å²) in [5.41, 5.74) is 2.78. The Balaban J connectivity index is 1.26. The number of anilines is 1. The molecule has 0 aliphatic carbocycles. The first-order valence-corrected chi connectivity index (χ1v) is 9.88. The van der Waals surface area contributed by atoms with Gasteiger partial charge in [0.15, 0.2) is 11.5 Å². The van der Waals surface area contributed by atoms with E-state index in [-0.39, 0.29) is 5.56 Å². The number of piperazine rings is 1. The van der Waals surface area contributed by atoms with Crippen molar-refractivity contribution in [2.45, 2.75) is 6.54 Å². The average molecular weight is 391 g/mol. The molecule has 2 aliphatic rings. The highest BCUT2D eigenvalue weighted by Gasteiger charge is 2.23. The molecular formula is C22H23N4O3+. The van der Waals surface area contributed by atoms with E-state index >= 15 is 0 Å². The molecule has 0 bridgehead atoms. The van der Waals surface area contributed by atoms with Gasteiger partial charge in [-0.15, -0.1) is 0 Å². The fourth-order valence-corrected chi connectivity index (χ4v) is 3.90. The van der Waals surface area contributed by atoms with Crippen LogP contribution in [0.3, 0.4) is 0 Å². The predicted molar refractivity (Wildman–Crippen MR) is 109 cm³/mol. The molecule has 2 aliphatic heterocycles. The van der Waals surface area contributed by atoms with Crippen LogP contribution in [0, 0.1) is 0 Å². The molecule has 0 amide bonds. The highest BCUT2D eigenvalue weighted by atomic mass is 16.7. The third-order valence-electron chi connectivity index (χ3n) is 5.46. The molecule has 2 N–H and O–H groups in total. The third kappa shape index (κ3) is 3.82. The van der Waals surface area contributed by atoms with E-state index in [0.29, 0.717) is 18.4 Å². The van der Waals surface area contributed by atoms with Crippen molar-refractivity contribution in [3.8, 4) is 22.8 Å². The highest BCUT2D eigenvalue weighted by Crippen LogP contribution is 2.32. The molecule has 148 valence electrons. The molecule has 3 heterocycles. The van der Waals surface area contributed by atoms with Gasteiger partial charge in [-0.05, 0) is 18.2 Å². The van der Waals surface area contributed by atoms with Crippen LogP contribution in [-0.4, -0.2) is 42.9 Å². The maximum atomic E-state index is 12.2. The lowest BCUT2D eigenvalue weighted by atomic mass is 10.1. The molecule has 0 spiro atoms. The molecule has 7 heteroatoms. The van der Waals surface area contributed by atoms with Gasteiger partial charge in [0.05, 0.1) is 31.9 Å². The fraction of sp³-hybridized carbons (Fsp3) is 0.273. The Kier molecular flexibility index (Phi) is 4.65. The standard InChI is InChI=1S/C22H22N4O3/c27-21-13-18(17-4-2-1-3-5-17)23-22(24-21)26-10-8-25(9-11-26)14-16-6-7-19-20(12-16)29-15-28-19/h1-7,12-13H,8-11,14-15H2,(H,23,24,27)/p+1. The number of nitrogens with zero attached hydrogens (tertiary/aromatic N) is 2. The normalized spacial score (nSPS) is 16.2. The summed E-state index contributed by atoms with van der Waals surface area (Å²) in [6.45, 7) is 4.90. The zero-order valence-electron chi connectivity index (χ0n) is 16.1. The summed E-state index contributed by atoms with van der Waals surface area (Å²) >= 11 is 0.